The summed E-state index contributed by atoms with van der Waals surface area (Å²) in [6.07, 6.45) is 21.2. The van der Waals surface area contributed by atoms with Crippen molar-refractivity contribution in [1.29, 1.82) is 5.26 Å². The molecule has 0 atom stereocenters. The van der Waals surface area contributed by atoms with Crippen molar-refractivity contribution in [1.82, 2.24) is 0 Å². The first-order valence-corrected chi connectivity index (χ1v) is 10.6. The number of allylic oxidation sites excluding steroid dienone is 4. The van der Waals surface area contributed by atoms with Crippen LogP contribution in [0.15, 0.2) is 24.3 Å². The molecule has 2 aliphatic rings. The summed E-state index contributed by atoms with van der Waals surface area (Å²) in [6, 6.07) is 1.98. The molecule has 0 N–H and O–H groups in total. The van der Waals surface area contributed by atoms with Crippen LogP contribution in [0.1, 0.15) is 84.0 Å². The van der Waals surface area contributed by atoms with Crippen LogP contribution >= 0.6 is 0 Å². The molecule has 0 radical (unpaired) electrons. The van der Waals surface area contributed by atoms with Crippen LogP contribution in [0.5, 0.6) is 0 Å². The molecule has 0 amide bonds. The molecule has 3 nitrogen and oxygen atoms in total. The minimum Gasteiger partial charge on any atom is -0.462 e. The normalized spacial score (nSPS) is 29.7. The van der Waals surface area contributed by atoms with Crippen LogP contribution in [0.25, 0.3) is 0 Å². The van der Waals surface area contributed by atoms with Crippen molar-refractivity contribution < 1.29 is 9.53 Å². The van der Waals surface area contributed by atoms with Crippen molar-refractivity contribution in [2.45, 2.75) is 90.1 Å². The quantitative estimate of drug-likeness (QED) is 0.299. The lowest BCUT2D eigenvalue weighted by molar-refractivity contribution is -0.157. The molecule has 3 heteroatoms. The number of hydrogen-bond acceptors (Lipinski definition) is 3. The van der Waals surface area contributed by atoms with E-state index >= 15 is 0 Å². The largest absolute Gasteiger partial charge is 0.462 e. The lowest BCUT2D eigenvalue weighted by Gasteiger charge is -2.31. The smallest absolute Gasteiger partial charge is 0.309 e. The summed E-state index contributed by atoms with van der Waals surface area (Å²) in [4.78, 5) is 12.5. The second-order valence-electron chi connectivity index (χ2n) is 8.08. The molecule has 0 heterocycles. The minimum absolute atomic E-state index is 0.0731. The molecule has 0 saturated heterocycles. The fourth-order valence-electron chi connectivity index (χ4n) is 4.50. The van der Waals surface area contributed by atoms with E-state index in [0.29, 0.717) is 0 Å². The molecule has 0 aliphatic heterocycles. The van der Waals surface area contributed by atoms with Crippen molar-refractivity contribution in [3.8, 4) is 6.07 Å². The maximum atomic E-state index is 12.5. The van der Waals surface area contributed by atoms with Gasteiger partial charge in [0.1, 0.15) is 6.10 Å². The van der Waals surface area contributed by atoms with E-state index in [9.17, 15) is 4.79 Å². The van der Waals surface area contributed by atoms with Gasteiger partial charge in [0.25, 0.3) is 0 Å². The van der Waals surface area contributed by atoms with Crippen molar-refractivity contribution in [3.63, 3.8) is 0 Å². The molecule has 0 aromatic carbocycles. The summed E-state index contributed by atoms with van der Waals surface area (Å²) in [5.41, 5.74) is 0. The number of hydrogen-bond donors (Lipinski definition) is 0. The molecule has 26 heavy (non-hydrogen) atoms. The van der Waals surface area contributed by atoms with Crippen LogP contribution < -0.4 is 0 Å². The molecule has 2 rings (SSSR count). The van der Waals surface area contributed by atoms with Crippen LogP contribution in [0.3, 0.4) is 0 Å². The number of ether oxygens (including phenoxy) is 1. The first-order valence-electron chi connectivity index (χ1n) is 10.6. The second kappa shape index (κ2) is 11.9. The van der Waals surface area contributed by atoms with Gasteiger partial charge >= 0.3 is 5.97 Å². The summed E-state index contributed by atoms with van der Waals surface area (Å²) < 4.78 is 5.84. The summed E-state index contributed by atoms with van der Waals surface area (Å²) in [5.74, 6) is 1.79. The summed E-state index contributed by atoms with van der Waals surface area (Å²) in [5, 5.41) is 8.42. The molecule has 0 aromatic heterocycles. The van der Waals surface area contributed by atoms with Gasteiger partial charge in [-0.25, -0.2) is 0 Å². The molecule has 2 aliphatic carbocycles. The van der Waals surface area contributed by atoms with Crippen LogP contribution in [0.2, 0.25) is 0 Å². The van der Waals surface area contributed by atoms with Gasteiger partial charge in [0.05, 0.1) is 12.0 Å². The van der Waals surface area contributed by atoms with Gasteiger partial charge in [0, 0.05) is 6.08 Å². The summed E-state index contributed by atoms with van der Waals surface area (Å²) in [7, 11) is 0. The van der Waals surface area contributed by atoms with E-state index in [4.69, 9.17) is 10.00 Å². The molecular formula is C23H35NO2. The van der Waals surface area contributed by atoms with Crippen LogP contribution in [0, 0.1) is 29.1 Å². The molecule has 0 aromatic rings. The number of carbonyl (C=O) groups excluding carboxylic acids is 1. The Balaban J connectivity index is 1.60. The van der Waals surface area contributed by atoms with E-state index in [0.717, 1.165) is 56.8 Å². The molecule has 2 fully saturated rings. The van der Waals surface area contributed by atoms with E-state index < -0.39 is 0 Å². The maximum Gasteiger partial charge on any atom is 0.309 e. The summed E-state index contributed by atoms with van der Waals surface area (Å²) in [6.45, 7) is 2.25. The van der Waals surface area contributed by atoms with Crippen molar-refractivity contribution >= 4 is 5.97 Å². The third kappa shape index (κ3) is 7.36. The Kier molecular flexibility index (Phi) is 9.53. The Morgan fingerprint density at radius 2 is 1.65 bits per heavy atom. The van der Waals surface area contributed by atoms with Gasteiger partial charge in [-0.2, -0.15) is 5.26 Å². The van der Waals surface area contributed by atoms with Crippen molar-refractivity contribution in [2.75, 3.05) is 0 Å². The highest BCUT2D eigenvalue weighted by Gasteiger charge is 2.30. The molecule has 0 bridgehead atoms. The highest BCUT2D eigenvalue weighted by molar-refractivity contribution is 5.72. The van der Waals surface area contributed by atoms with Gasteiger partial charge in [-0.05, 0) is 76.0 Å². The molecular weight excluding hydrogens is 322 g/mol. The molecule has 0 spiro atoms. The molecule has 144 valence electrons. The maximum absolute atomic E-state index is 12.5. The van der Waals surface area contributed by atoms with Crippen LogP contribution in [-0.2, 0) is 9.53 Å². The average molecular weight is 358 g/mol. The van der Waals surface area contributed by atoms with E-state index in [1.807, 2.05) is 12.1 Å². The zero-order chi connectivity index (χ0) is 18.6. The molecule has 2 saturated carbocycles. The lowest BCUT2D eigenvalue weighted by Crippen LogP contribution is -2.30. The van der Waals surface area contributed by atoms with E-state index in [1.165, 1.54) is 38.2 Å². The number of esters is 1. The standard InChI is InChI=1S/C23H35NO2/c1-2-8-19-12-16-22(17-13-19)26-23(25)21-14-10-20(11-15-21)9-6-4-3-5-7-18-24/h3-5,7,19-22H,2,6,8-17H2,1H3/t19-,20-,21-,22-. The number of nitrogens with zero attached hydrogens (tertiary/aromatic N) is 1. The van der Waals surface area contributed by atoms with Gasteiger partial charge in [0.15, 0.2) is 0 Å². The Hall–Kier alpha value is -1.56. The lowest BCUT2D eigenvalue weighted by atomic mass is 9.80. The first-order chi connectivity index (χ1) is 12.7. The monoisotopic (exact) mass is 357 g/mol. The third-order valence-corrected chi connectivity index (χ3v) is 6.11. The second-order valence-corrected chi connectivity index (χ2v) is 8.08. The van der Waals surface area contributed by atoms with Crippen LogP contribution in [0.4, 0.5) is 0 Å². The Morgan fingerprint density at radius 3 is 2.31 bits per heavy atom. The summed E-state index contributed by atoms with van der Waals surface area (Å²) >= 11 is 0. The zero-order valence-electron chi connectivity index (χ0n) is 16.4. The predicted molar refractivity (Wildman–Crippen MR) is 105 cm³/mol. The van der Waals surface area contributed by atoms with Crippen molar-refractivity contribution in [3.05, 3.63) is 24.3 Å². The predicted octanol–water partition coefficient (Wildman–Crippen LogP) is 6.11. The Labute approximate surface area is 159 Å². The van der Waals surface area contributed by atoms with Gasteiger partial charge in [-0.1, -0.05) is 38.0 Å². The number of nitriles is 1. The zero-order valence-corrected chi connectivity index (χ0v) is 16.4. The highest BCUT2D eigenvalue weighted by Crippen LogP contribution is 2.34. The molecule has 0 unspecified atom stereocenters. The SMILES string of the molecule is CCC[C@H]1CC[C@H](OC(=O)[C@H]2CC[C@H](CCC=CC=CC#N)CC2)CC1. The van der Waals surface area contributed by atoms with E-state index in [2.05, 4.69) is 13.0 Å². The van der Waals surface area contributed by atoms with Crippen LogP contribution in [-0.4, -0.2) is 12.1 Å². The Morgan fingerprint density at radius 1 is 1.00 bits per heavy atom. The minimum atomic E-state index is 0.0731. The number of rotatable bonds is 8. The highest BCUT2D eigenvalue weighted by atomic mass is 16.5. The number of carbonyl (C=O) groups is 1. The fourth-order valence-corrected chi connectivity index (χ4v) is 4.50. The fraction of sp³-hybridized carbons (Fsp3) is 0.739. The van der Waals surface area contributed by atoms with Gasteiger partial charge in [0.2, 0.25) is 0 Å². The van der Waals surface area contributed by atoms with Gasteiger partial charge in [-0.3, -0.25) is 4.79 Å². The van der Waals surface area contributed by atoms with Gasteiger partial charge in [-0.15, -0.1) is 0 Å². The van der Waals surface area contributed by atoms with Gasteiger partial charge < -0.3 is 4.74 Å². The topological polar surface area (TPSA) is 50.1 Å². The third-order valence-electron chi connectivity index (χ3n) is 6.11. The van der Waals surface area contributed by atoms with E-state index in [1.54, 1.807) is 6.08 Å². The van der Waals surface area contributed by atoms with Crippen molar-refractivity contribution in [2.24, 2.45) is 17.8 Å². The van der Waals surface area contributed by atoms with E-state index in [-0.39, 0.29) is 18.0 Å². The average Bonchev–Trinajstić information content (AvgIpc) is 2.67. The Bertz CT molecular complexity index is 501. The first kappa shape index (κ1) is 20.7.